The number of hydrogen-bond donors (Lipinski definition) is 2. The summed E-state index contributed by atoms with van der Waals surface area (Å²) in [6.07, 6.45) is 2.91. The maximum Gasteiger partial charge on any atom is 0.294 e. The number of aromatic nitrogens is 3. The van der Waals surface area contributed by atoms with Crippen LogP contribution in [-0.2, 0) is 17.4 Å². The van der Waals surface area contributed by atoms with E-state index in [0.29, 0.717) is 47.1 Å². The summed E-state index contributed by atoms with van der Waals surface area (Å²) in [5.41, 5.74) is 1.29. The molecule has 0 aliphatic heterocycles. The van der Waals surface area contributed by atoms with Gasteiger partial charge in [-0.15, -0.1) is 0 Å². The fourth-order valence-electron chi connectivity index (χ4n) is 4.81. The van der Waals surface area contributed by atoms with Gasteiger partial charge < -0.3 is 19.7 Å². The monoisotopic (exact) mass is 481 g/mol. The molecule has 184 valence electrons. The number of rotatable bonds is 6. The fraction of sp³-hybridized carbons (Fsp3) is 0.400. The van der Waals surface area contributed by atoms with E-state index in [0.717, 1.165) is 12.8 Å². The number of carbonyl (C=O) groups is 3. The van der Waals surface area contributed by atoms with Gasteiger partial charge in [0.2, 0.25) is 5.89 Å². The molecule has 2 amide bonds. The van der Waals surface area contributed by atoms with Crippen molar-refractivity contribution in [2.75, 3.05) is 5.32 Å². The van der Waals surface area contributed by atoms with E-state index in [1.165, 1.54) is 18.2 Å². The van der Waals surface area contributed by atoms with E-state index in [-0.39, 0.29) is 17.1 Å². The summed E-state index contributed by atoms with van der Waals surface area (Å²) in [4.78, 5) is 43.8. The molecule has 2 aromatic heterocycles. The average Bonchev–Trinajstić information content (AvgIpc) is 3.50. The van der Waals surface area contributed by atoms with Gasteiger partial charge >= 0.3 is 0 Å². The molecule has 1 aliphatic rings. The van der Waals surface area contributed by atoms with Gasteiger partial charge in [-0.3, -0.25) is 14.4 Å². The molecule has 35 heavy (non-hydrogen) atoms. The van der Waals surface area contributed by atoms with E-state index < -0.39 is 23.1 Å². The highest BCUT2D eigenvalue weighted by molar-refractivity contribution is 6.43. The van der Waals surface area contributed by atoms with Crippen LogP contribution in [-0.4, -0.2) is 32.3 Å². The number of carbonyl (C=O) groups excluding carboxylic acids is 3. The largest absolute Gasteiger partial charge is 0.344 e. The minimum Gasteiger partial charge on any atom is -0.344 e. The lowest BCUT2D eigenvalue weighted by atomic mass is 9.95. The van der Waals surface area contributed by atoms with Gasteiger partial charge in [0.1, 0.15) is 11.4 Å². The maximum absolute atomic E-state index is 13.6. The van der Waals surface area contributed by atoms with Crippen molar-refractivity contribution >= 4 is 23.3 Å². The SMILES string of the molecule is Cc1nc(C2(NC(=O)C(=O)c3c(C)c(C(=O)Nc4ccc(F)c(C)c4)c(C)n3C)CCCC2)no1. The van der Waals surface area contributed by atoms with E-state index in [1.807, 2.05) is 0 Å². The van der Waals surface area contributed by atoms with Crippen LogP contribution in [0.15, 0.2) is 22.7 Å². The Bertz CT molecular complexity index is 1330. The molecule has 0 unspecified atom stereocenters. The van der Waals surface area contributed by atoms with Crippen molar-refractivity contribution in [1.29, 1.82) is 0 Å². The predicted molar refractivity (Wildman–Crippen MR) is 126 cm³/mol. The Balaban J connectivity index is 1.60. The van der Waals surface area contributed by atoms with E-state index in [2.05, 4.69) is 20.8 Å². The smallest absolute Gasteiger partial charge is 0.294 e. The minimum atomic E-state index is -0.862. The van der Waals surface area contributed by atoms with E-state index in [9.17, 15) is 18.8 Å². The van der Waals surface area contributed by atoms with Crippen LogP contribution in [0.25, 0.3) is 0 Å². The molecule has 0 atom stereocenters. The molecule has 1 saturated carbocycles. The zero-order chi connectivity index (χ0) is 25.5. The van der Waals surface area contributed by atoms with Crippen LogP contribution < -0.4 is 10.6 Å². The number of Topliss-reactive ketones (excluding diaryl/α,β-unsaturated/α-hetero) is 1. The summed E-state index contributed by atoms with van der Waals surface area (Å²) in [5.74, 6) is -1.62. The topological polar surface area (TPSA) is 119 Å². The lowest BCUT2D eigenvalue weighted by molar-refractivity contribution is -0.119. The Morgan fingerprint density at radius 3 is 2.40 bits per heavy atom. The summed E-state index contributed by atoms with van der Waals surface area (Å²) >= 11 is 0. The summed E-state index contributed by atoms with van der Waals surface area (Å²) in [7, 11) is 1.63. The van der Waals surface area contributed by atoms with Crippen molar-refractivity contribution in [2.45, 2.75) is 58.9 Å². The van der Waals surface area contributed by atoms with Gasteiger partial charge in [0.15, 0.2) is 5.82 Å². The zero-order valence-electron chi connectivity index (χ0n) is 20.4. The number of hydrogen-bond acceptors (Lipinski definition) is 6. The zero-order valence-corrected chi connectivity index (χ0v) is 20.4. The van der Waals surface area contributed by atoms with E-state index >= 15 is 0 Å². The van der Waals surface area contributed by atoms with Gasteiger partial charge in [0.25, 0.3) is 17.6 Å². The summed E-state index contributed by atoms with van der Waals surface area (Å²) in [6.45, 7) is 6.60. The molecule has 4 rings (SSSR count). The van der Waals surface area contributed by atoms with Crippen LogP contribution in [0.1, 0.15) is 75.1 Å². The highest BCUT2D eigenvalue weighted by atomic mass is 19.1. The molecule has 10 heteroatoms. The van der Waals surface area contributed by atoms with Crippen molar-refractivity contribution in [2.24, 2.45) is 7.05 Å². The van der Waals surface area contributed by atoms with Crippen molar-refractivity contribution in [1.82, 2.24) is 20.0 Å². The third kappa shape index (κ3) is 4.36. The molecule has 9 nitrogen and oxygen atoms in total. The van der Waals surface area contributed by atoms with Gasteiger partial charge in [-0.05, 0) is 62.9 Å². The second-order valence-corrected chi connectivity index (χ2v) is 9.12. The molecule has 1 aliphatic carbocycles. The summed E-state index contributed by atoms with van der Waals surface area (Å²) in [5, 5.41) is 9.60. The summed E-state index contributed by atoms with van der Waals surface area (Å²) in [6, 6.07) is 4.27. The number of benzene rings is 1. The van der Waals surface area contributed by atoms with Gasteiger partial charge in [-0.1, -0.05) is 18.0 Å². The van der Waals surface area contributed by atoms with E-state index in [1.54, 1.807) is 39.3 Å². The van der Waals surface area contributed by atoms with Crippen LogP contribution >= 0.6 is 0 Å². The molecule has 0 radical (unpaired) electrons. The van der Waals surface area contributed by atoms with Crippen LogP contribution in [0.4, 0.5) is 10.1 Å². The highest BCUT2D eigenvalue weighted by Crippen LogP contribution is 2.37. The van der Waals surface area contributed by atoms with Gasteiger partial charge in [-0.2, -0.15) is 4.98 Å². The van der Waals surface area contributed by atoms with Crippen molar-refractivity contribution in [3.05, 3.63) is 63.8 Å². The van der Waals surface area contributed by atoms with Crippen molar-refractivity contribution < 1.29 is 23.3 Å². The standard InChI is InChI=1S/C25H28FN5O4/c1-13-12-17(8-9-18(13)26)28-22(33)19-14(2)20(31(5)15(19)3)21(32)23(34)29-25(10-6-7-11-25)24-27-16(4)35-30-24/h8-9,12H,6-7,10-11H2,1-5H3,(H,28,33)(H,29,34). The number of halogens is 1. The molecule has 0 spiro atoms. The number of nitrogens with one attached hydrogen (secondary N) is 2. The number of ketones is 1. The molecule has 0 saturated heterocycles. The second kappa shape index (κ2) is 9.09. The molecular formula is C25H28FN5O4. The number of nitrogens with zero attached hydrogens (tertiary/aromatic N) is 3. The molecular weight excluding hydrogens is 453 g/mol. The Kier molecular flexibility index (Phi) is 6.31. The fourth-order valence-corrected chi connectivity index (χ4v) is 4.81. The molecule has 1 aromatic carbocycles. The third-order valence-electron chi connectivity index (χ3n) is 6.76. The summed E-state index contributed by atoms with van der Waals surface area (Å²) < 4.78 is 20.2. The molecule has 1 fully saturated rings. The van der Waals surface area contributed by atoms with Gasteiger partial charge in [0, 0.05) is 25.4 Å². The Hall–Kier alpha value is -3.82. The lowest BCUT2D eigenvalue weighted by Gasteiger charge is -2.26. The molecule has 2 N–H and O–H groups in total. The molecule has 0 bridgehead atoms. The van der Waals surface area contributed by atoms with Crippen LogP contribution in [0, 0.1) is 33.5 Å². The van der Waals surface area contributed by atoms with E-state index in [4.69, 9.17) is 4.52 Å². The molecule has 3 aromatic rings. The van der Waals surface area contributed by atoms with Gasteiger partial charge in [-0.25, -0.2) is 4.39 Å². The second-order valence-electron chi connectivity index (χ2n) is 9.12. The number of anilines is 1. The number of amides is 2. The maximum atomic E-state index is 13.6. The normalized spacial score (nSPS) is 14.7. The first-order valence-corrected chi connectivity index (χ1v) is 11.4. The van der Waals surface area contributed by atoms with Crippen LogP contribution in [0.2, 0.25) is 0 Å². The number of aryl methyl sites for hydroxylation is 2. The lowest BCUT2D eigenvalue weighted by Crippen LogP contribution is -2.47. The van der Waals surface area contributed by atoms with Crippen molar-refractivity contribution in [3.63, 3.8) is 0 Å². The molecule has 2 heterocycles. The Morgan fingerprint density at radius 2 is 1.80 bits per heavy atom. The Morgan fingerprint density at radius 1 is 1.11 bits per heavy atom. The first-order chi connectivity index (χ1) is 16.5. The predicted octanol–water partition coefficient (Wildman–Crippen LogP) is 3.80. The third-order valence-corrected chi connectivity index (χ3v) is 6.76. The minimum absolute atomic E-state index is 0.123. The average molecular weight is 482 g/mol. The van der Waals surface area contributed by atoms with Crippen molar-refractivity contribution in [3.8, 4) is 0 Å². The quantitative estimate of drug-likeness (QED) is 0.408. The first kappa shape index (κ1) is 24.3. The van der Waals surface area contributed by atoms with Crippen LogP contribution in [0.3, 0.4) is 0 Å². The Labute approximate surface area is 202 Å². The highest BCUT2D eigenvalue weighted by Gasteiger charge is 2.43. The first-order valence-electron chi connectivity index (χ1n) is 11.4. The van der Waals surface area contributed by atoms with Gasteiger partial charge in [0.05, 0.1) is 11.3 Å². The van der Waals surface area contributed by atoms with Crippen LogP contribution in [0.5, 0.6) is 0 Å².